The van der Waals surface area contributed by atoms with Gasteiger partial charge in [0.1, 0.15) is 0 Å². The van der Waals surface area contributed by atoms with Gasteiger partial charge in [-0.25, -0.2) is 0 Å². The van der Waals surface area contributed by atoms with E-state index in [-0.39, 0.29) is 17.5 Å². The van der Waals surface area contributed by atoms with E-state index in [1.807, 2.05) is 13.8 Å². The van der Waals surface area contributed by atoms with E-state index in [1.165, 1.54) is 18.2 Å². The number of nitro benzene ring substituents is 1. The second-order valence-electron chi connectivity index (χ2n) is 6.30. The first-order valence-corrected chi connectivity index (χ1v) is 9.00. The zero-order valence-electron chi connectivity index (χ0n) is 15.4. The van der Waals surface area contributed by atoms with Gasteiger partial charge in [0.15, 0.2) is 0 Å². The zero-order chi connectivity index (χ0) is 19.1. The number of non-ortho nitro benzene ring substituents is 1. The van der Waals surface area contributed by atoms with Crippen LogP contribution < -0.4 is 0 Å². The van der Waals surface area contributed by atoms with Gasteiger partial charge in [0.2, 0.25) is 5.91 Å². The highest BCUT2D eigenvalue weighted by Gasteiger charge is 2.23. The summed E-state index contributed by atoms with van der Waals surface area (Å²) in [6.07, 6.45) is 0.770. The van der Waals surface area contributed by atoms with Crippen molar-refractivity contribution in [1.29, 1.82) is 0 Å². The van der Waals surface area contributed by atoms with Crippen LogP contribution in [0.5, 0.6) is 0 Å². The minimum Gasteiger partial charge on any atom is -0.342 e. The summed E-state index contributed by atoms with van der Waals surface area (Å²) in [7, 11) is 0. The number of hydrogen-bond acceptors (Lipinski definition) is 5. The lowest BCUT2D eigenvalue weighted by Crippen LogP contribution is -2.42. The van der Waals surface area contributed by atoms with Crippen LogP contribution >= 0.6 is 0 Å². The fraction of sp³-hybridized carbons (Fsp3) is 0.556. The molecule has 142 valence electrons. The van der Waals surface area contributed by atoms with E-state index in [0.29, 0.717) is 44.8 Å². The van der Waals surface area contributed by atoms with Gasteiger partial charge in [-0.2, -0.15) is 0 Å². The standard InChI is InChI=1S/C18H26N4O4/c1-3-20(4-2)17(23)14-19-9-6-10-21(12-11-19)18(24)15-7-5-8-16(13-15)22(25)26/h5,7-8,13H,3-4,6,9-12,14H2,1-2H3. The largest absolute Gasteiger partial charge is 0.342 e. The third-order valence-corrected chi connectivity index (χ3v) is 4.65. The molecule has 0 saturated carbocycles. The van der Waals surface area contributed by atoms with Crippen LogP contribution in [0.2, 0.25) is 0 Å². The van der Waals surface area contributed by atoms with E-state index in [0.717, 1.165) is 13.0 Å². The predicted octanol–water partition coefficient (Wildman–Crippen LogP) is 1.61. The van der Waals surface area contributed by atoms with Gasteiger partial charge < -0.3 is 9.80 Å². The van der Waals surface area contributed by atoms with Crippen LogP contribution in [0.3, 0.4) is 0 Å². The summed E-state index contributed by atoms with van der Waals surface area (Å²) in [5, 5.41) is 10.9. The number of nitrogens with zero attached hydrogens (tertiary/aromatic N) is 4. The van der Waals surface area contributed by atoms with Crippen molar-refractivity contribution in [1.82, 2.24) is 14.7 Å². The van der Waals surface area contributed by atoms with Gasteiger partial charge in [0.25, 0.3) is 11.6 Å². The van der Waals surface area contributed by atoms with E-state index >= 15 is 0 Å². The van der Waals surface area contributed by atoms with E-state index < -0.39 is 4.92 Å². The molecule has 8 heteroatoms. The summed E-state index contributed by atoms with van der Waals surface area (Å²) in [5.74, 6) is -0.0981. The molecule has 0 bridgehead atoms. The van der Waals surface area contributed by atoms with Crippen molar-refractivity contribution in [3.05, 3.63) is 39.9 Å². The van der Waals surface area contributed by atoms with E-state index in [9.17, 15) is 19.7 Å². The lowest BCUT2D eigenvalue weighted by molar-refractivity contribution is -0.384. The Morgan fingerprint density at radius 2 is 1.88 bits per heavy atom. The molecule has 0 unspecified atom stereocenters. The van der Waals surface area contributed by atoms with Crippen LogP contribution in [0.1, 0.15) is 30.6 Å². The maximum Gasteiger partial charge on any atom is 0.270 e. The Hall–Kier alpha value is -2.48. The molecule has 0 atom stereocenters. The second-order valence-corrected chi connectivity index (χ2v) is 6.30. The van der Waals surface area contributed by atoms with Gasteiger partial charge in [-0.05, 0) is 26.3 Å². The normalized spacial score (nSPS) is 15.4. The molecule has 0 N–H and O–H groups in total. The molecule has 0 radical (unpaired) electrons. The smallest absolute Gasteiger partial charge is 0.270 e. The van der Waals surface area contributed by atoms with Gasteiger partial charge >= 0.3 is 0 Å². The molecule has 1 fully saturated rings. The van der Waals surface area contributed by atoms with Crippen molar-refractivity contribution in [2.24, 2.45) is 0 Å². The number of likely N-dealkylation sites (N-methyl/N-ethyl adjacent to an activating group) is 1. The molecule has 0 spiro atoms. The minimum absolute atomic E-state index is 0.0860. The first-order valence-electron chi connectivity index (χ1n) is 9.00. The average Bonchev–Trinajstić information content (AvgIpc) is 2.87. The lowest BCUT2D eigenvalue weighted by Gasteiger charge is -2.25. The first kappa shape index (κ1) is 19.8. The number of nitro groups is 1. The maximum absolute atomic E-state index is 12.7. The summed E-state index contributed by atoms with van der Waals surface area (Å²) in [4.78, 5) is 40.9. The topological polar surface area (TPSA) is 87.0 Å². The fourth-order valence-corrected chi connectivity index (χ4v) is 3.13. The van der Waals surface area contributed by atoms with Crippen molar-refractivity contribution in [2.75, 3.05) is 45.8 Å². The number of hydrogen-bond donors (Lipinski definition) is 0. The first-order chi connectivity index (χ1) is 12.5. The van der Waals surface area contributed by atoms with E-state index in [1.54, 1.807) is 15.9 Å². The summed E-state index contributed by atoms with van der Waals surface area (Å²) in [6.45, 7) is 8.14. The molecule has 2 rings (SSSR count). The Balaban J connectivity index is 1.97. The monoisotopic (exact) mass is 362 g/mol. The summed E-state index contributed by atoms with van der Waals surface area (Å²) < 4.78 is 0. The van der Waals surface area contributed by atoms with Gasteiger partial charge in [-0.1, -0.05) is 6.07 Å². The Bertz CT molecular complexity index is 660. The maximum atomic E-state index is 12.7. The van der Waals surface area contributed by atoms with Crippen LogP contribution in [-0.2, 0) is 4.79 Å². The lowest BCUT2D eigenvalue weighted by atomic mass is 10.1. The number of carbonyl (C=O) groups is 2. The summed E-state index contributed by atoms with van der Waals surface area (Å²) in [6, 6.07) is 5.81. The Kier molecular flexibility index (Phi) is 7.08. The summed E-state index contributed by atoms with van der Waals surface area (Å²) >= 11 is 0. The third kappa shape index (κ3) is 5.01. The molecule has 8 nitrogen and oxygen atoms in total. The Morgan fingerprint density at radius 3 is 2.54 bits per heavy atom. The number of benzene rings is 1. The van der Waals surface area contributed by atoms with Crippen molar-refractivity contribution < 1.29 is 14.5 Å². The number of rotatable bonds is 6. The molecule has 26 heavy (non-hydrogen) atoms. The summed E-state index contributed by atoms with van der Waals surface area (Å²) in [5.41, 5.74) is 0.240. The molecule has 1 saturated heterocycles. The van der Waals surface area contributed by atoms with E-state index in [4.69, 9.17) is 0 Å². The van der Waals surface area contributed by atoms with Crippen molar-refractivity contribution in [3.8, 4) is 0 Å². The van der Waals surface area contributed by atoms with Crippen LogP contribution in [-0.4, -0.2) is 77.3 Å². The molecule has 1 aromatic carbocycles. The van der Waals surface area contributed by atoms with Gasteiger partial charge in [0, 0.05) is 57.0 Å². The van der Waals surface area contributed by atoms with Gasteiger partial charge in [0.05, 0.1) is 11.5 Å². The van der Waals surface area contributed by atoms with Gasteiger partial charge in [-0.3, -0.25) is 24.6 Å². The fourth-order valence-electron chi connectivity index (χ4n) is 3.13. The molecule has 1 aliphatic rings. The molecule has 0 aliphatic carbocycles. The number of amides is 2. The Morgan fingerprint density at radius 1 is 1.15 bits per heavy atom. The molecule has 0 aromatic heterocycles. The van der Waals surface area contributed by atoms with Crippen molar-refractivity contribution in [2.45, 2.75) is 20.3 Å². The van der Waals surface area contributed by atoms with Crippen molar-refractivity contribution >= 4 is 17.5 Å². The number of carbonyl (C=O) groups excluding carboxylic acids is 2. The highest BCUT2D eigenvalue weighted by molar-refractivity contribution is 5.94. The molecular weight excluding hydrogens is 336 g/mol. The second kappa shape index (κ2) is 9.28. The van der Waals surface area contributed by atoms with E-state index in [2.05, 4.69) is 4.90 Å². The molecule has 2 amide bonds. The molecule has 1 heterocycles. The average molecular weight is 362 g/mol. The van der Waals surface area contributed by atoms with Crippen LogP contribution in [0.25, 0.3) is 0 Å². The quantitative estimate of drug-likeness (QED) is 0.567. The molecular formula is C18H26N4O4. The van der Waals surface area contributed by atoms with Crippen LogP contribution in [0.15, 0.2) is 24.3 Å². The zero-order valence-corrected chi connectivity index (χ0v) is 15.4. The minimum atomic E-state index is -0.500. The Labute approximate surface area is 153 Å². The highest BCUT2D eigenvalue weighted by Crippen LogP contribution is 2.16. The van der Waals surface area contributed by atoms with Gasteiger partial charge in [-0.15, -0.1) is 0 Å². The predicted molar refractivity (Wildman–Crippen MR) is 98.0 cm³/mol. The van der Waals surface area contributed by atoms with Crippen LogP contribution in [0.4, 0.5) is 5.69 Å². The molecule has 1 aliphatic heterocycles. The molecule has 1 aromatic rings. The van der Waals surface area contributed by atoms with Crippen molar-refractivity contribution in [3.63, 3.8) is 0 Å². The SMILES string of the molecule is CCN(CC)C(=O)CN1CCCN(C(=O)c2cccc([N+](=O)[O-])c2)CC1. The van der Waals surface area contributed by atoms with Crippen LogP contribution in [0, 0.1) is 10.1 Å². The highest BCUT2D eigenvalue weighted by atomic mass is 16.6. The third-order valence-electron chi connectivity index (χ3n) is 4.65.